The monoisotopic (exact) mass is 367 g/mol. The highest BCUT2D eigenvalue weighted by Crippen LogP contribution is 2.65. The molecule has 1 aromatic carbocycles. The second-order valence-electron chi connectivity index (χ2n) is 8.18. The summed E-state index contributed by atoms with van der Waals surface area (Å²) in [6, 6.07) is 11.4. The molecule has 5 heteroatoms. The zero-order chi connectivity index (χ0) is 17.9. The fourth-order valence-corrected chi connectivity index (χ4v) is 6.83. The SMILES string of the molecule is O=C(O)c1cc(-c2ccccc2)sc1NC(=O)C12CC3CC(CC1C3)C2. The number of carboxylic acids is 1. The number of benzene rings is 1. The number of hydrogen-bond donors (Lipinski definition) is 2. The number of nitrogens with one attached hydrogen (secondary N) is 1. The largest absolute Gasteiger partial charge is 0.478 e. The molecule has 4 saturated carbocycles. The molecule has 4 fully saturated rings. The highest BCUT2D eigenvalue weighted by molar-refractivity contribution is 7.20. The molecular weight excluding hydrogens is 346 g/mol. The number of hydrogen-bond acceptors (Lipinski definition) is 3. The molecule has 1 aromatic heterocycles. The third kappa shape index (κ3) is 2.33. The molecular formula is C21H21NO3S. The molecule has 6 rings (SSSR count). The van der Waals surface area contributed by atoms with E-state index in [1.54, 1.807) is 6.07 Å². The maximum absolute atomic E-state index is 13.2. The molecule has 4 aliphatic carbocycles. The molecule has 0 radical (unpaired) electrons. The summed E-state index contributed by atoms with van der Waals surface area (Å²) in [5.74, 6) is 0.943. The summed E-state index contributed by atoms with van der Waals surface area (Å²) >= 11 is 1.36. The van der Waals surface area contributed by atoms with E-state index in [1.807, 2.05) is 30.3 Å². The molecule has 4 aliphatic rings. The topological polar surface area (TPSA) is 66.4 Å². The first-order chi connectivity index (χ1) is 12.5. The Hall–Kier alpha value is -2.14. The number of aromatic carboxylic acids is 1. The normalized spacial score (nSPS) is 31.3. The Balaban J connectivity index is 1.46. The van der Waals surface area contributed by atoms with Crippen molar-refractivity contribution in [2.45, 2.75) is 32.1 Å². The third-order valence-corrected chi connectivity index (χ3v) is 7.79. The highest BCUT2D eigenvalue weighted by atomic mass is 32.1. The van der Waals surface area contributed by atoms with Gasteiger partial charge in [-0.1, -0.05) is 30.3 Å². The van der Waals surface area contributed by atoms with Crippen molar-refractivity contribution in [1.29, 1.82) is 0 Å². The lowest BCUT2D eigenvalue weighted by molar-refractivity contribution is -0.127. The molecule has 2 atom stereocenters. The van der Waals surface area contributed by atoms with E-state index < -0.39 is 5.97 Å². The Morgan fingerprint density at radius 3 is 2.42 bits per heavy atom. The van der Waals surface area contributed by atoms with Gasteiger partial charge in [0.15, 0.2) is 0 Å². The van der Waals surface area contributed by atoms with Crippen LogP contribution in [0.5, 0.6) is 0 Å². The summed E-state index contributed by atoms with van der Waals surface area (Å²) < 4.78 is 0. The maximum Gasteiger partial charge on any atom is 0.338 e. The third-order valence-electron chi connectivity index (χ3n) is 6.69. The van der Waals surface area contributed by atoms with Crippen LogP contribution in [0.1, 0.15) is 42.5 Å². The van der Waals surface area contributed by atoms with Gasteiger partial charge in [-0.25, -0.2) is 4.79 Å². The van der Waals surface area contributed by atoms with E-state index >= 15 is 0 Å². The van der Waals surface area contributed by atoms with E-state index in [4.69, 9.17) is 0 Å². The van der Waals surface area contributed by atoms with Crippen LogP contribution in [0.4, 0.5) is 5.00 Å². The van der Waals surface area contributed by atoms with Crippen LogP contribution in [0.3, 0.4) is 0 Å². The Morgan fingerprint density at radius 2 is 1.77 bits per heavy atom. The van der Waals surface area contributed by atoms with Crippen molar-refractivity contribution < 1.29 is 14.7 Å². The first kappa shape index (κ1) is 16.1. The average molecular weight is 367 g/mol. The van der Waals surface area contributed by atoms with Crippen LogP contribution >= 0.6 is 11.3 Å². The zero-order valence-electron chi connectivity index (χ0n) is 14.4. The second-order valence-corrected chi connectivity index (χ2v) is 9.23. The molecule has 0 aliphatic heterocycles. The number of carboxylic acid groups (broad SMARTS) is 1. The standard InChI is InChI=1S/C21H21NO3S/c23-19(24)16-9-17(14-4-2-1-3-5-14)26-18(16)22-20(25)21-10-12-6-13(11-21)8-15(21)7-12/h1-5,9,12-13,15H,6-8,10-11H2,(H,22,25)(H,23,24). The van der Waals surface area contributed by atoms with Crippen LogP contribution in [-0.2, 0) is 4.79 Å². The Morgan fingerprint density at radius 1 is 1.08 bits per heavy atom. The van der Waals surface area contributed by atoms with Crippen LogP contribution < -0.4 is 5.32 Å². The lowest BCUT2D eigenvalue weighted by atomic mass is 9.75. The van der Waals surface area contributed by atoms with Crippen LogP contribution in [-0.4, -0.2) is 17.0 Å². The molecule has 4 bridgehead atoms. The highest BCUT2D eigenvalue weighted by Gasteiger charge is 2.61. The molecule has 134 valence electrons. The molecule has 0 spiro atoms. The minimum absolute atomic E-state index is 0.0520. The second kappa shape index (κ2) is 5.68. The predicted octanol–water partition coefficient (Wildman–Crippen LogP) is 4.88. The van der Waals surface area contributed by atoms with Crippen molar-refractivity contribution in [2.75, 3.05) is 5.32 Å². The minimum atomic E-state index is -0.992. The number of carbonyl (C=O) groups is 2. The number of anilines is 1. The van der Waals surface area contributed by atoms with Gasteiger partial charge >= 0.3 is 5.97 Å². The summed E-state index contributed by atoms with van der Waals surface area (Å²) in [5.41, 5.74) is 0.913. The van der Waals surface area contributed by atoms with Crippen molar-refractivity contribution in [1.82, 2.24) is 0 Å². The lowest BCUT2D eigenvalue weighted by Gasteiger charge is -2.31. The molecule has 1 amide bonds. The summed E-state index contributed by atoms with van der Waals surface area (Å²) in [7, 11) is 0. The molecule has 2 N–H and O–H groups in total. The van der Waals surface area contributed by atoms with E-state index in [1.165, 1.54) is 30.6 Å². The van der Waals surface area contributed by atoms with E-state index in [0.29, 0.717) is 22.8 Å². The summed E-state index contributed by atoms with van der Waals surface area (Å²) in [6.45, 7) is 0. The lowest BCUT2D eigenvalue weighted by Crippen LogP contribution is -2.37. The zero-order valence-corrected chi connectivity index (χ0v) is 15.2. The van der Waals surface area contributed by atoms with Gasteiger partial charge in [0, 0.05) is 4.88 Å². The maximum atomic E-state index is 13.2. The van der Waals surface area contributed by atoms with Crippen molar-refractivity contribution in [2.24, 2.45) is 23.2 Å². The van der Waals surface area contributed by atoms with Gasteiger partial charge in [0.1, 0.15) is 5.00 Å². The van der Waals surface area contributed by atoms with Gasteiger partial charge in [0.05, 0.1) is 11.0 Å². The molecule has 2 unspecified atom stereocenters. The van der Waals surface area contributed by atoms with E-state index in [2.05, 4.69) is 5.32 Å². The van der Waals surface area contributed by atoms with Gasteiger partial charge in [-0.15, -0.1) is 11.3 Å². The summed E-state index contributed by atoms with van der Waals surface area (Å²) in [6.07, 6.45) is 5.60. The van der Waals surface area contributed by atoms with Crippen molar-refractivity contribution in [3.8, 4) is 10.4 Å². The van der Waals surface area contributed by atoms with Gasteiger partial charge in [0.25, 0.3) is 0 Å². The van der Waals surface area contributed by atoms with Crippen LogP contribution in [0.2, 0.25) is 0 Å². The van der Waals surface area contributed by atoms with Crippen LogP contribution in [0, 0.1) is 23.2 Å². The Kier molecular flexibility index (Phi) is 3.51. The molecule has 4 nitrogen and oxygen atoms in total. The number of rotatable bonds is 4. The smallest absolute Gasteiger partial charge is 0.338 e. The number of thiophene rings is 1. The van der Waals surface area contributed by atoms with Gasteiger partial charge < -0.3 is 10.4 Å². The first-order valence-electron chi connectivity index (χ1n) is 9.29. The van der Waals surface area contributed by atoms with E-state index in [9.17, 15) is 14.7 Å². The van der Waals surface area contributed by atoms with Crippen molar-refractivity contribution >= 4 is 28.2 Å². The molecule has 26 heavy (non-hydrogen) atoms. The fraction of sp³-hybridized carbons (Fsp3) is 0.429. The van der Waals surface area contributed by atoms with Crippen LogP contribution in [0.15, 0.2) is 36.4 Å². The first-order valence-corrected chi connectivity index (χ1v) is 10.1. The molecule has 1 heterocycles. The fourth-order valence-electron chi connectivity index (χ4n) is 5.78. The van der Waals surface area contributed by atoms with E-state index in [-0.39, 0.29) is 16.9 Å². The van der Waals surface area contributed by atoms with Gasteiger partial charge in [0.2, 0.25) is 5.91 Å². The molecule has 0 saturated heterocycles. The van der Waals surface area contributed by atoms with E-state index in [0.717, 1.165) is 23.3 Å². The van der Waals surface area contributed by atoms with Gasteiger partial charge in [-0.3, -0.25) is 4.79 Å². The van der Waals surface area contributed by atoms with Gasteiger partial charge in [-0.05, 0) is 61.5 Å². The number of amides is 1. The quantitative estimate of drug-likeness (QED) is 0.809. The average Bonchev–Trinajstić information content (AvgIpc) is 3.23. The van der Waals surface area contributed by atoms with Crippen LogP contribution in [0.25, 0.3) is 10.4 Å². The summed E-state index contributed by atoms with van der Waals surface area (Å²) in [4.78, 5) is 25.8. The van der Waals surface area contributed by atoms with Crippen molar-refractivity contribution in [3.05, 3.63) is 42.0 Å². The Bertz CT molecular complexity index is 874. The summed E-state index contributed by atoms with van der Waals surface area (Å²) in [5, 5.41) is 13.1. The predicted molar refractivity (Wildman–Crippen MR) is 101 cm³/mol. The Labute approximate surface area is 156 Å². The van der Waals surface area contributed by atoms with Crippen molar-refractivity contribution in [3.63, 3.8) is 0 Å². The molecule has 2 aromatic rings. The minimum Gasteiger partial charge on any atom is -0.478 e. The van der Waals surface area contributed by atoms with Gasteiger partial charge in [-0.2, -0.15) is 0 Å². The number of carbonyl (C=O) groups excluding carboxylic acids is 1.